The number of hydrogen-bond acceptors (Lipinski definition) is 2. The summed E-state index contributed by atoms with van der Waals surface area (Å²) < 4.78 is 0. The molecular formula is C13H17NS. The van der Waals surface area contributed by atoms with E-state index in [1.807, 2.05) is 0 Å². The van der Waals surface area contributed by atoms with Gasteiger partial charge in [-0.25, -0.2) is 0 Å². The van der Waals surface area contributed by atoms with E-state index >= 15 is 0 Å². The third-order valence-corrected chi connectivity index (χ3v) is 4.86. The van der Waals surface area contributed by atoms with Crippen LogP contribution < -0.4 is 5.32 Å². The summed E-state index contributed by atoms with van der Waals surface area (Å²) >= 11 is 2.08. The molecule has 80 valence electrons. The maximum absolute atomic E-state index is 3.39. The van der Waals surface area contributed by atoms with Crippen molar-refractivity contribution in [2.45, 2.75) is 29.9 Å². The molecule has 1 N–H and O–H groups in total. The van der Waals surface area contributed by atoms with Crippen molar-refractivity contribution in [1.82, 2.24) is 5.32 Å². The Bertz CT molecular complexity index is 346. The number of hydrogen-bond donors (Lipinski definition) is 1. The van der Waals surface area contributed by atoms with Gasteiger partial charge < -0.3 is 5.32 Å². The predicted octanol–water partition coefficient (Wildman–Crippen LogP) is 2.70. The van der Waals surface area contributed by atoms with Crippen LogP contribution in [0.5, 0.6) is 0 Å². The molecule has 2 heterocycles. The molecule has 1 fully saturated rings. The van der Waals surface area contributed by atoms with Crippen LogP contribution in [0.15, 0.2) is 29.2 Å². The van der Waals surface area contributed by atoms with E-state index in [0.717, 1.165) is 5.25 Å². The number of thioether (sulfide) groups is 1. The largest absolute Gasteiger partial charge is 0.316 e. The van der Waals surface area contributed by atoms with Crippen LogP contribution >= 0.6 is 11.8 Å². The third kappa shape index (κ3) is 1.81. The summed E-state index contributed by atoms with van der Waals surface area (Å²) in [7, 11) is 0. The molecule has 0 amide bonds. The van der Waals surface area contributed by atoms with E-state index in [4.69, 9.17) is 0 Å². The fraction of sp³-hybridized carbons (Fsp3) is 0.538. The summed E-state index contributed by atoms with van der Waals surface area (Å²) in [6, 6.07) is 8.86. The average Bonchev–Trinajstić information content (AvgIpc) is 2.57. The van der Waals surface area contributed by atoms with E-state index in [1.54, 1.807) is 5.56 Å². The van der Waals surface area contributed by atoms with Crippen molar-refractivity contribution in [1.29, 1.82) is 0 Å². The zero-order valence-electron chi connectivity index (χ0n) is 9.12. The average molecular weight is 219 g/mol. The standard InChI is InChI=1S/C13H17NS/c1-13(8-14-9-13)7-11-6-10-4-2-3-5-12(10)15-11/h2-5,11,14H,6-9H2,1H3. The molecule has 1 aromatic carbocycles. The maximum Gasteiger partial charge on any atom is 0.0141 e. The monoisotopic (exact) mass is 219 g/mol. The van der Waals surface area contributed by atoms with Gasteiger partial charge in [-0.1, -0.05) is 25.1 Å². The van der Waals surface area contributed by atoms with E-state index in [0.29, 0.717) is 5.41 Å². The molecule has 0 aliphatic carbocycles. The van der Waals surface area contributed by atoms with Gasteiger partial charge in [0, 0.05) is 23.2 Å². The van der Waals surface area contributed by atoms with Crippen LogP contribution in [0.4, 0.5) is 0 Å². The van der Waals surface area contributed by atoms with Crippen LogP contribution in [0, 0.1) is 5.41 Å². The Kier molecular flexibility index (Phi) is 2.29. The minimum absolute atomic E-state index is 0.569. The second-order valence-electron chi connectivity index (χ2n) is 5.17. The smallest absolute Gasteiger partial charge is 0.0141 e. The second-order valence-corrected chi connectivity index (χ2v) is 6.51. The van der Waals surface area contributed by atoms with E-state index in [2.05, 4.69) is 48.3 Å². The summed E-state index contributed by atoms with van der Waals surface area (Å²) in [6.07, 6.45) is 2.63. The molecule has 0 saturated carbocycles. The van der Waals surface area contributed by atoms with Crippen molar-refractivity contribution < 1.29 is 0 Å². The molecule has 1 aromatic rings. The van der Waals surface area contributed by atoms with Crippen molar-refractivity contribution in [3.05, 3.63) is 29.8 Å². The normalized spacial score (nSPS) is 27.1. The number of nitrogens with one attached hydrogen (secondary N) is 1. The maximum atomic E-state index is 3.39. The second kappa shape index (κ2) is 3.53. The van der Waals surface area contributed by atoms with Crippen molar-refractivity contribution in [2.24, 2.45) is 5.41 Å². The SMILES string of the molecule is CC1(CC2Cc3ccccc3S2)CNC1. The van der Waals surface area contributed by atoms with Gasteiger partial charge in [0.1, 0.15) is 0 Å². The summed E-state index contributed by atoms with van der Waals surface area (Å²) in [4.78, 5) is 1.51. The van der Waals surface area contributed by atoms with Gasteiger partial charge in [-0.3, -0.25) is 0 Å². The summed E-state index contributed by atoms with van der Waals surface area (Å²) in [5.41, 5.74) is 2.13. The Hall–Kier alpha value is -0.470. The minimum atomic E-state index is 0.569. The lowest BCUT2D eigenvalue weighted by Gasteiger charge is -2.41. The molecule has 1 unspecified atom stereocenters. The molecule has 0 spiro atoms. The van der Waals surface area contributed by atoms with Crippen LogP contribution in [-0.4, -0.2) is 18.3 Å². The van der Waals surface area contributed by atoms with E-state index < -0.39 is 0 Å². The molecule has 0 aromatic heterocycles. The molecule has 1 atom stereocenters. The van der Waals surface area contributed by atoms with E-state index in [1.165, 1.54) is 30.8 Å². The number of rotatable bonds is 2. The Morgan fingerprint density at radius 3 is 2.87 bits per heavy atom. The van der Waals surface area contributed by atoms with Gasteiger partial charge in [0.15, 0.2) is 0 Å². The molecular weight excluding hydrogens is 202 g/mol. The highest BCUT2D eigenvalue weighted by Crippen LogP contribution is 2.42. The molecule has 2 aliphatic rings. The molecule has 2 aliphatic heterocycles. The molecule has 3 rings (SSSR count). The Morgan fingerprint density at radius 2 is 2.20 bits per heavy atom. The fourth-order valence-electron chi connectivity index (χ4n) is 2.61. The number of benzene rings is 1. The summed E-state index contributed by atoms with van der Waals surface area (Å²) in [5.74, 6) is 0. The van der Waals surface area contributed by atoms with Gasteiger partial charge in [0.2, 0.25) is 0 Å². The topological polar surface area (TPSA) is 12.0 Å². The van der Waals surface area contributed by atoms with E-state index in [-0.39, 0.29) is 0 Å². The lowest BCUT2D eigenvalue weighted by atomic mass is 9.79. The fourth-order valence-corrected chi connectivity index (χ4v) is 4.18. The first-order valence-electron chi connectivity index (χ1n) is 5.70. The third-order valence-electron chi connectivity index (χ3n) is 3.54. The van der Waals surface area contributed by atoms with Gasteiger partial charge in [-0.2, -0.15) is 0 Å². The molecule has 1 saturated heterocycles. The Balaban J connectivity index is 1.68. The summed E-state index contributed by atoms with van der Waals surface area (Å²) in [6.45, 7) is 4.83. The summed E-state index contributed by atoms with van der Waals surface area (Å²) in [5, 5.41) is 4.20. The molecule has 2 heteroatoms. The van der Waals surface area contributed by atoms with Crippen LogP contribution in [0.2, 0.25) is 0 Å². The Labute approximate surface area is 95.6 Å². The molecule has 1 nitrogen and oxygen atoms in total. The van der Waals surface area contributed by atoms with Crippen LogP contribution in [0.3, 0.4) is 0 Å². The van der Waals surface area contributed by atoms with Gasteiger partial charge in [0.25, 0.3) is 0 Å². The highest BCUT2D eigenvalue weighted by molar-refractivity contribution is 8.00. The highest BCUT2D eigenvalue weighted by Gasteiger charge is 2.36. The van der Waals surface area contributed by atoms with Gasteiger partial charge in [0.05, 0.1) is 0 Å². The lowest BCUT2D eigenvalue weighted by Crippen LogP contribution is -2.52. The molecule has 0 radical (unpaired) electrons. The first-order chi connectivity index (χ1) is 7.25. The predicted molar refractivity (Wildman–Crippen MR) is 65.4 cm³/mol. The van der Waals surface area contributed by atoms with Crippen LogP contribution in [-0.2, 0) is 6.42 Å². The molecule has 0 bridgehead atoms. The van der Waals surface area contributed by atoms with E-state index in [9.17, 15) is 0 Å². The first kappa shape index (κ1) is 9.73. The van der Waals surface area contributed by atoms with Crippen molar-refractivity contribution in [2.75, 3.05) is 13.1 Å². The van der Waals surface area contributed by atoms with Crippen molar-refractivity contribution >= 4 is 11.8 Å². The van der Waals surface area contributed by atoms with Crippen molar-refractivity contribution in [3.8, 4) is 0 Å². The minimum Gasteiger partial charge on any atom is -0.316 e. The van der Waals surface area contributed by atoms with Crippen LogP contribution in [0.25, 0.3) is 0 Å². The first-order valence-corrected chi connectivity index (χ1v) is 6.58. The van der Waals surface area contributed by atoms with Gasteiger partial charge >= 0.3 is 0 Å². The number of fused-ring (bicyclic) bond motifs is 1. The zero-order chi connectivity index (χ0) is 10.3. The lowest BCUT2D eigenvalue weighted by molar-refractivity contribution is 0.179. The highest BCUT2D eigenvalue weighted by atomic mass is 32.2. The van der Waals surface area contributed by atoms with Crippen molar-refractivity contribution in [3.63, 3.8) is 0 Å². The quantitative estimate of drug-likeness (QED) is 0.821. The van der Waals surface area contributed by atoms with Gasteiger partial charge in [-0.15, -0.1) is 11.8 Å². The van der Waals surface area contributed by atoms with Gasteiger partial charge in [-0.05, 0) is 29.9 Å². The van der Waals surface area contributed by atoms with Crippen LogP contribution in [0.1, 0.15) is 18.9 Å². The Morgan fingerprint density at radius 1 is 1.40 bits per heavy atom. The zero-order valence-corrected chi connectivity index (χ0v) is 9.94. The molecule has 15 heavy (non-hydrogen) atoms.